The zero-order valence-corrected chi connectivity index (χ0v) is 9.92. The topological polar surface area (TPSA) is 63.1 Å². The smallest absolute Gasteiger partial charge is 0.295 e. The molecule has 0 aliphatic rings. The molecule has 1 N–H and O–H groups in total. The van der Waals surface area contributed by atoms with Gasteiger partial charge in [-0.1, -0.05) is 30.3 Å². The van der Waals surface area contributed by atoms with Gasteiger partial charge in [0.15, 0.2) is 5.65 Å². The monoisotopic (exact) mass is 240 g/mol. The van der Waals surface area contributed by atoms with E-state index >= 15 is 0 Å². The van der Waals surface area contributed by atoms with Gasteiger partial charge in [-0.3, -0.25) is 5.10 Å². The highest BCUT2D eigenvalue weighted by Gasteiger charge is 2.08. The minimum atomic E-state index is -0.322. The molecule has 3 aromatic rings. The van der Waals surface area contributed by atoms with Crippen LogP contribution in [0.15, 0.2) is 41.3 Å². The summed E-state index contributed by atoms with van der Waals surface area (Å²) in [5, 5.41) is 2.88. The first kappa shape index (κ1) is 10.7. The second-order valence-electron chi connectivity index (χ2n) is 4.17. The van der Waals surface area contributed by atoms with Gasteiger partial charge >= 0.3 is 5.69 Å². The molecule has 3 rings (SSSR count). The molecular formula is C13H12N4O. The molecule has 2 aromatic heterocycles. The molecule has 0 atom stereocenters. The molecule has 0 radical (unpaired) electrons. The summed E-state index contributed by atoms with van der Waals surface area (Å²) in [6.45, 7) is 1.72. The number of fused-ring (bicyclic) bond motifs is 1. The molecule has 90 valence electrons. The molecule has 2 heterocycles. The van der Waals surface area contributed by atoms with Crippen LogP contribution in [0.3, 0.4) is 0 Å². The maximum Gasteiger partial charge on any atom is 0.370 e. The average molecular weight is 240 g/mol. The molecule has 0 fully saturated rings. The van der Waals surface area contributed by atoms with Gasteiger partial charge in [0.05, 0.1) is 0 Å². The van der Waals surface area contributed by atoms with E-state index in [2.05, 4.69) is 27.2 Å². The van der Waals surface area contributed by atoms with Crippen LogP contribution in [0.4, 0.5) is 0 Å². The summed E-state index contributed by atoms with van der Waals surface area (Å²) in [5.41, 5.74) is 2.50. The van der Waals surface area contributed by atoms with Gasteiger partial charge in [0.25, 0.3) is 0 Å². The molecule has 0 aliphatic carbocycles. The first-order valence-electron chi connectivity index (χ1n) is 5.71. The Labute approximate surface area is 103 Å². The zero-order valence-electron chi connectivity index (χ0n) is 9.92. The van der Waals surface area contributed by atoms with Crippen LogP contribution < -0.4 is 5.69 Å². The van der Waals surface area contributed by atoms with Crippen LogP contribution in [0.1, 0.15) is 17.0 Å². The fourth-order valence-electron chi connectivity index (χ4n) is 1.99. The number of hydrogen-bond acceptors (Lipinski definition) is 3. The largest absolute Gasteiger partial charge is 0.370 e. The van der Waals surface area contributed by atoms with Crippen LogP contribution in [0.25, 0.3) is 5.65 Å². The van der Waals surface area contributed by atoms with E-state index in [4.69, 9.17) is 0 Å². The van der Waals surface area contributed by atoms with Crippen molar-refractivity contribution in [1.29, 1.82) is 0 Å². The number of nitrogens with one attached hydrogen (secondary N) is 1. The van der Waals surface area contributed by atoms with Gasteiger partial charge in [0.2, 0.25) is 0 Å². The third kappa shape index (κ3) is 1.79. The van der Waals surface area contributed by atoms with Crippen molar-refractivity contribution in [2.45, 2.75) is 13.3 Å². The van der Waals surface area contributed by atoms with Crippen molar-refractivity contribution in [3.05, 3.63) is 64.0 Å². The Bertz CT molecular complexity index is 743. The third-order valence-electron chi connectivity index (χ3n) is 2.82. The maximum atomic E-state index is 11.6. The van der Waals surface area contributed by atoms with Gasteiger partial charge in [0, 0.05) is 18.2 Å². The van der Waals surface area contributed by atoms with Crippen molar-refractivity contribution < 1.29 is 0 Å². The van der Waals surface area contributed by atoms with E-state index in [-0.39, 0.29) is 5.69 Å². The lowest BCUT2D eigenvalue weighted by atomic mass is 10.1. The molecule has 0 saturated heterocycles. The highest BCUT2D eigenvalue weighted by atomic mass is 16.1. The quantitative estimate of drug-likeness (QED) is 0.734. The van der Waals surface area contributed by atoms with E-state index in [1.54, 1.807) is 13.1 Å². The summed E-state index contributed by atoms with van der Waals surface area (Å²) in [5.74, 6) is 0.494. The fourth-order valence-corrected chi connectivity index (χ4v) is 1.99. The molecule has 0 bridgehead atoms. The highest BCUT2D eigenvalue weighted by Crippen LogP contribution is 2.12. The molecule has 0 spiro atoms. The number of rotatable bonds is 2. The summed E-state index contributed by atoms with van der Waals surface area (Å²) in [6.07, 6.45) is 2.54. The molecule has 0 unspecified atom stereocenters. The number of benzene rings is 1. The van der Waals surface area contributed by atoms with Crippen molar-refractivity contribution in [3.63, 3.8) is 0 Å². The highest BCUT2D eigenvalue weighted by molar-refractivity contribution is 5.47. The van der Waals surface area contributed by atoms with Crippen molar-refractivity contribution in [2.75, 3.05) is 0 Å². The van der Waals surface area contributed by atoms with Crippen LogP contribution in [0.2, 0.25) is 0 Å². The van der Waals surface area contributed by atoms with Gasteiger partial charge < -0.3 is 0 Å². The maximum absolute atomic E-state index is 11.6. The van der Waals surface area contributed by atoms with Crippen molar-refractivity contribution >= 4 is 5.65 Å². The normalized spacial score (nSPS) is 10.9. The molecule has 5 heteroatoms. The number of nitrogens with zero attached hydrogens (tertiary/aromatic N) is 3. The van der Waals surface area contributed by atoms with Gasteiger partial charge in [-0.15, -0.1) is 0 Å². The number of aromatic amines is 1. The number of aromatic nitrogens is 4. The number of H-pyrrole nitrogens is 1. The molecule has 5 nitrogen and oxygen atoms in total. The molecule has 1 aromatic carbocycles. The van der Waals surface area contributed by atoms with Gasteiger partial charge in [-0.05, 0) is 12.5 Å². The van der Waals surface area contributed by atoms with Crippen LogP contribution >= 0.6 is 0 Å². The minimum Gasteiger partial charge on any atom is -0.295 e. The molecule has 18 heavy (non-hydrogen) atoms. The lowest BCUT2D eigenvalue weighted by Crippen LogP contribution is -2.19. The summed E-state index contributed by atoms with van der Waals surface area (Å²) in [4.78, 5) is 19.7. The first-order chi connectivity index (χ1) is 8.74. The van der Waals surface area contributed by atoms with Crippen LogP contribution in [-0.2, 0) is 6.42 Å². The third-order valence-corrected chi connectivity index (χ3v) is 2.82. The Morgan fingerprint density at radius 3 is 2.78 bits per heavy atom. The Balaban J connectivity index is 2.11. The van der Waals surface area contributed by atoms with Crippen molar-refractivity contribution in [1.82, 2.24) is 19.6 Å². The van der Waals surface area contributed by atoms with Gasteiger partial charge in [0.1, 0.15) is 5.82 Å². The molecule has 0 saturated carbocycles. The second kappa shape index (κ2) is 4.10. The lowest BCUT2D eigenvalue weighted by molar-refractivity contribution is 0.819. The Morgan fingerprint density at radius 2 is 2.00 bits per heavy atom. The Morgan fingerprint density at radius 1 is 1.22 bits per heavy atom. The van der Waals surface area contributed by atoms with Crippen LogP contribution in [0.5, 0.6) is 0 Å². The van der Waals surface area contributed by atoms with Crippen molar-refractivity contribution in [2.24, 2.45) is 0 Å². The minimum absolute atomic E-state index is 0.322. The van der Waals surface area contributed by atoms with E-state index in [0.29, 0.717) is 11.5 Å². The Hall–Kier alpha value is -2.43. The summed E-state index contributed by atoms with van der Waals surface area (Å²) < 4.78 is 1.37. The summed E-state index contributed by atoms with van der Waals surface area (Å²) in [7, 11) is 0. The number of hydrogen-bond donors (Lipinski definition) is 1. The first-order valence-corrected chi connectivity index (χ1v) is 5.71. The molecule has 0 aliphatic heterocycles. The van der Waals surface area contributed by atoms with E-state index < -0.39 is 0 Å². The second-order valence-corrected chi connectivity index (χ2v) is 4.17. The van der Waals surface area contributed by atoms with Gasteiger partial charge in [-0.25, -0.2) is 9.78 Å². The molecular weight excluding hydrogens is 228 g/mol. The summed E-state index contributed by atoms with van der Waals surface area (Å²) >= 11 is 0. The van der Waals surface area contributed by atoms with E-state index in [0.717, 1.165) is 12.0 Å². The summed E-state index contributed by atoms with van der Waals surface area (Å²) in [6, 6.07) is 10.1. The number of aryl methyl sites for hydroxylation is 1. The van der Waals surface area contributed by atoms with E-state index in [1.807, 2.05) is 18.2 Å². The van der Waals surface area contributed by atoms with Gasteiger partial charge in [-0.2, -0.15) is 9.50 Å². The van der Waals surface area contributed by atoms with Crippen LogP contribution in [-0.4, -0.2) is 19.6 Å². The predicted molar refractivity (Wildman–Crippen MR) is 67.6 cm³/mol. The predicted octanol–water partition coefficient (Wildman–Crippen LogP) is 1.32. The van der Waals surface area contributed by atoms with Crippen LogP contribution in [0, 0.1) is 6.92 Å². The van der Waals surface area contributed by atoms with E-state index in [9.17, 15) is 4.79 Å². The standard InChI is InChI=1S/C13H12N4O/c1-9-15-12-11(7-10-5-3-2-4-6-10)8-14-17(12)13(18)16-9/h2-6,8,14H,7H2,1H3. The lowest BCUT2D eigenvalue weighted by Gasteiger charge is -1.99. The fraction of sp³-hybridized carbons (Fsp3) is 0.154. The average Bonchev–Trinajstić information content (AvgIpc) is 2.74. The zero-order chi connectivity index (χ0) is 12.5. The molecule has 0 amide bonds. The SMILES string of the molecule is Cc1nc(=O)n2[nH]cc(Cc3ccccc3)c2n1. The van der Waals surface area contributed by atoms with Crippen molar-refractivity contribution in [3.8, 4) is 0 Å². The van der Waals surface area contributed by atoms with E-state index in [1.165, 1.54) is 10.1 Å². The Kier molecular flexibility index (Phi) is 2.44.